The van der Waals surface area contributed by atoms with Gasteiger partial charge in [0.15, 0.2) is 0 Å². The van der Waals surface area contributed by atoms with Crippen LogP contribution < -0.4 is 4.72 Å². The number of rotatable bonds is 4. The summed E-state index contributed by atoms with van der Waals surface area (Å²) >= 11 is 0. The Labute approximate surface area is 123 Å². The highest BCUT2D eigenvalue weighted by molar-refractivity contribution is 7.89. The van der Waals surface area contributed by atoms with E-state index in [1.165, 1.54) is 18.3 Å². The van der Waals surface area contributed by atoms with E-state index in [0.29, 0.717) is 0 Å². The molecule has 2 aromatic rings. The van der Waals surface area contributed by atoms with E-state index in [0.717, 1.165) is 12.0 Å². The van der Waals surface area contributed by atoms with Gasteiger partial charge in [0.05, 0.1) is 0 Å². The fourth-order valence-corrected chi connectivity index (χ4v) is 3.50. The van der Waals surface area contributed by atoms with Gasteiger partial charge >= 0.3 is 0 Å². The molecule has 106 valence electrons. The van der Waals surface area contributed by atoms with E-state index in [9.17, 15) is 8.42 Å². The van der Waals surface area contributed by atoms with E-state index in [1.807, 2.05) is 36.4 Å². The van der Waals surface area contributed by atoms with Crippen LogP contribution in [-0.4, -0.2) is 19.4 Å². The molecule has 0 spiro atoms. The zero-order valence-corrected chi connectivity index (χ0v) is 11.9. The van der Waals surface area contributed by atoms with Crippen molar-refractivity contribution in [2.75, 3.05) is 0 Å². The van der Waals surface area contributed by atoms with Crippen LogP contribution in [0.2, 0.25) is 0 Å². The molecule has 1 aromatic heterocycles. The van der Waals surface area contributed by atoms with Crippen LogP contribution in [0.15, 0.2) is 53.6 Å². The molecule has 1 fully saturated rings. The van der Waals surface area contributed by atoms with Gasteiger partial charge in [-0.2, -0.15) is 5.26 Å². The molecule has 2 unspecified atom stereocenters. The maximum Gasteiger partial charge on any atom is 0.242 e. The van der Waals surface area contributed by atoms with E-state index >= 15 is 0 Å². The summed E-state index contributed by atoms with van der Waals surface area (Å²) < 4.78 is 27.1. The molecule has 1 heterocycles. The lowest BCUT2D eigenvalue weighted by Crippen LogP contribution is -2.27. The van der Waals surface area contributed by atoms with Crippen molar-refractivity contribution in [2.45, 2.75) is 23.3 Å². The Balaban J connectivity index is 1.72. The number of nitrogens with zero attached hydrogens (tertiary/aromatic N) is 2. The van der Waals surface area contributed by atoms with Crippen molar-refractivity contribution in [1.82, 2.24) is 9.71 Å². The number of benzene rings is 1. The van der Waals surface area contributed by atoms with Gasteiger partial charge in [-0.1, -0.05) is 30.3 Å². The predicted molar refractivity (Wildman–Crippen MR) is 76.9 cm³/mol. The summed E-state index contributed by atoms with van der Waals surface area (Å²) in [5, 5.41) is 8.67. The minimum Gasteiger partial charge on any atom is -0.244 e. The Bertz CT molecular complexity index is 780. The van der Waals surface area contributed by atoms with E-state index in [-0.39, 0.29) is 22.5 Å². The number of nitrogens with one attached hydrogen (secondary N) is 1. The van der Waals surface area contributed by atoms with Crippen molar-refractivity contribution >= 4 is 10.0 Å². The highest BCUT2D eigenvalue weighted by atomic mass is 32.2. The Hall–Kier alpha value is -2.23. The summed E-state index contributed by atoms with van der Waals surface area (Å²) in [6.07, 6.45) is 2.01. The largest absolute Gasteiger partial charge is 0.244 e. The van der Waals surface area contributed by atoms with Crippen LogP contribution in [0.5, 0.6) is 0 Å². The first-order valence-corrected chi connectivity index (χ1v) is 8.02. The number of nitriles is 1. The van der Waals surface area contributed by atoms with Crippen LogP contribution in [0.4, 0.5) is 0 Å². The molecular formula is C15H13N3O2S. The molecule has 1 aliphatic rings. The quantitative estimate of drug-likeness (QED) is 0.933. The van der Waals surface area contributed by atoms with Crippen LogP contribution in [0.25, 0.3) is 0 Å². The fraction of sp³-hybridized carbons (Fsp3) is 0.200. The lowest BCUT2D eigenvalue weighted by atomic mass is 10.1. The lowest BCUT2D eigenvalue weighted by molar-refractivity contribution is 0.579. The van der Waals surface area contributed by atoms with Gasteiger partial charge in [0, 0.05) is 18.2 Å². The third-order valence-corrected chi connectivity index (χ3v) is 4.96. The number of hydrogen-bond acceptors (Lipinski definition) is 4. The maximum absolute atomic E-state index is 12.2. The summed E-state index contributed by atoms with van der Waals surface area (Å²) in [6.45, 7) is 0. The van der Waals surface area contributed by atoms with E-state index < -0.39 is 10.0 Å². The molecule has 1 saturated carbocycles. The molecule has 0 saturated heterocycles. The van der Waals surface area contributed by atoms with Gasteiger partial charge in [-0.15, -0.1) is 0 Å². The van der Waals surface area contributed by atoms with E-state index in [1.54, 1.807) is 0 Å². The van der Waals surface area contributed by atoms with Crippen LogP contribution in [0.1, 0.15) is 23.6 Å². The van der Waals surface area contributed by atoms with Crippen molar-refractivity contribution in [3.8, 4) is 6.07 Å². The molecule has 5 nitrogen and oxygen atoms in total. The Kier molecular flexibility index (Phi) is 3.45. The summed E-state index contributed by atoms with van der Waals surface area (Å²) in [7, 11) is -3.58. The average molecular weight is 299 g/mol. The average Bonchev–Trinajstić information content (AvgIpc) is 3.26. The van der Waals surface area contributed by atoms with Gasteiger partial charge in [0.1, 0.15) is 16.7 Å². The zero-order chi connectivity index (χ0) is 14.9. The third kappa shape index (κ3) is 2.94. The molecule has 1 aromatic carbocycles. The normalized spacial score (nSPS) is 20.7. The smallest absolute Gasteiger partial charge is 0.242 e. The van der Waals surface area contributed by atoms with Crippen molar-refractivity contribution in [1.29, 1.82) is 5.26 Å². The molecule has 0 aliphatic heterocycles. The molecule has 0 amide bonds. The van der Waals surface area contributed by atoms with Crippen LogP contribution in [0, 0.1) is 11.3 Å². The molecule has 2 atom stereocenters. The van der Waals surface area contributed by atoms with E-state index in [2.05, 4.69) is 9.71 Å². The third-order valence-electron chi connectivity index (χ3n) is 3.49. The van der Waals surface area contributed by atoms with Crippen molar-refractivity contribution in [2.24, 2.45) is 0 Å². The molecule has 1 aliphatic carbocycles. The summed E-state index contributed by atoms with van der Waals surface area (Å²) in [4.78, 5) is 3.87. The topological polar surface area (TPSA) is 82.8 Å². The van der Waals surface area contributed by atoms with Gasteiger partial charge in [0.25, 0.3) is 0 Å². The lowest BCUT2D eigenvalue weighted by Gasteiger charge is -2.06. The van der Waals surface area contributed by atoms with Gasteiger partial charge < -0.3 is 0 Å². The molecular weight excluding hydrogens is 286 g/mol. The second-order valence-electron chi connectivity index (χ2n) is 4.97. The highest BCUT2D eigenvalue weighted by Gasteiger charge is 2.41. The highest BCUT2D eigenvalue weighted by Crippen LogP contribution is 2.41. The number of hydrogen-bond donors (Lipinski definition) is 1. The van der Waals surface area contributed by atoms with Gasteiger partial charge in [-0.25, -0.2) is 18.1 Å². The molecule has 0 bridgehead atoms. The number of aromatic nitrogens is 1. The predicted octanol–water partition coefficient (Wildman–Crippen LogP) is 1.79. The molecule has 0 radical (unpaired) electrons. The number of pyridine rings is 1. The summed E-state index contributed by atoms with van der Waals surface area (Å²) in [5.41, 5.74) is 1.34. The minimum absolute atomic E-state index is 0.0759. The van der Waals surface area contributed by atoms with Crippen LogP contribution >= 0.6 is 0 Å². The van der Waals surface area contributed by atoms with Crippen molar-refractivity contribution in [3.05, 3.63) is 59.9 Å². The van der Waals surface area contributed by atoms with Crippen LogP contribution in [0.3, 0.4) is 0 Å². The monoisotopic (exact) mass is 299 g/mol. The van der Waals surface area contributed by atoms with Gasteiger partial charge in [-0.3, -0.25) is 0 Å². The second-order valence-corrected chi connectivity index (χ2v) is 6.69. The SMILES string of the molecule is N#Cc1ccc(S(=O)(=O)NC2CC2c2ccccc2)cn1. The Morgan fingerprint density at radius 1 is 1.19 bits per heavy atom. The standard InChI is InChI=1S/C15H13N3O2S/c16-9-12-6-7-13(10-17-12)21(19,20)18-15-8-14(15)11-4-2-1-3-5-11/h1-7,10,14-15,18H,8H2. The Morgan fingerprint density at radius 3 is 2.57 bits per heavy atom. The molecule has 21 heavy (non-hydrogen) atoms. The first-order chi connectivity index (χ1) is 10.1. The molecule has 3 rings (SSSR count). The fourth-order valence-electron chi connectivity index (χ4n) is 2.27. The second kappa shape index (κ2) is 5.28. The van der Waals surface area contributed by atoms with Gasteiger partial charge in [0.2, 0.25) is 10.0 Å². The Morgan fingerprint density at radius 2 is 1.95 bits per heavy atom. The van der Waals surface area contributed by atoms with Crippen molar-refractivity contribution in [3.63, 3.8) is 0 Å². The first kappa shape index (κ1) is 13.7. The summed E-state index contributed by atoms with van der Waals surface area (Å²) in [6, 6.07) is 14.4. The van der Waals surface area contributed by atoms with Gasteiger partial charge in [-0.05, 0) is 24.1 Å². The van der Waals surface area contributed by atoms with E-state index in [4.69, 9.17) is 5.26 Å². The molecule has 1 N–H and O–H groups in total. The molecule has 6 heteroatoms. The van der Waals surface area contributed by atoms with Crippen molar-refractivity contribution < 1.29 is 8.42 Å². The minimum atomic E-state index is -3.58. The number of sulfonamides is 1. The maximum atomic E-state index is 12.2. The van der Waals surface area contributed by atoms with Crippen LogP contribution in [-0.2, 0) is 10.0 Å². The first-order valence-electron chi connectivity index (χ1n) is 6.53. The zero-order valence-electron chi connectivity index (χ0n) is 11.1. The summed E-state index contributed by atoms with van der Waals surface area (Å²) in [5.74, 6) is 0.229.